The van der Waals surface area contributed by atoms with E-state index in [-0.39, 0.29) is 5.96 Å². The summed E-state index contributed by atoms with van der Waals surface area (Å²) in [5.41, 5.74) is 9.09. The smallest absolute Gasteiger partial charge is 0.213 e. The van der Waals surface area contributed by atoms with Gasteiger partial charge in [0.05, 0.1) is 6.54 Å². The van der Waals surface area contributed by atoms with E-state index in [0.29, 0.717) is 6.54 Å². The van der Waals surface area contributed by atoms with E-state index in [4.69, 9.17) is 10.9 Å². The Labute approximate surface area is 76.3 Å². The first-order valence-electron chi connectivity index (χ1n) is 3.83. The van der Waals surface area contributed by atoms with E-state index in [2.05, 4.69) is 9.98 Å². The Bertz CT molecular complexity index is 311. The molecule has 0 saturated carbocycles. The molecule has 70 valence electrons. The molecule has 0 unspecified atom stereocenters. The van der Waals surface area contributed by atoms with Gasteiger partial charge in [0.15, 0.2) is 0 Å². The number of hydrogen-bond donors (Lipinski definition) is 3. The molecule has 1 aromatic heterocycles. The summed E-state index contributed by atoms with van der Waals surface area (Å²) in [7, 11) is 0. The maximum absolute atomic E-state index is 8.36. The summed E-state index contributed by atoms with van der Waals surface area (Å²) in [6, 6.07) is 1.90. The number of nitrogens with zero attached hydrogens (tertiary/aromatic N) is 2. The van der Waals surface area contributed by atoms with Crippen LogP contribution in [0.1, 0.15) is 11.1 Å². The number of nitrogens with two attached hydrogens (primary N) is 1. The van der Waals surface area contributed by atoms with Crippen molar-refractivity contribution in [1.82, 2.24) is 10.5 Å². The zero-order valence-corrected chi connectivity index (χ0v) is 7.36. The number of hydroxylamine groups is 1. The highest BCUT2D eigenvalue weighted by molar-refractivity contribution is 5.76. The molecule has 0 fully saturated rings. The van der Waals surface area contributed by atoms with E-state index in [9.17, 15) is 0 Å². The van der Waals surface area contributed by atoms with E-state index in [0.717, 1.165) is 11.1 Å². The molecule has 5 nitrogen and oxygen atoms in total. The predicted octanol–water partition coefficient (Wildman–Crippen LogP) is 0.184. The zero-order chi connectivity index (χ0) is 9.68. The van der Waals surface area contributed by atoms with E-state index in [1.54, 1.807) is 17.9 Å². The fourth-order valence-electron chi connectivity index (χ4n) is 0.868. The van der Waals surface area contributed by atoms with Gasteiger partial charge in [-0.2, -0.15) is 0 Å². The van der Waals surface area contributed by atoms with Crippen LogP contribution in [0, 0.1) is 6.92 Å². The third-order valence-electron chi connectivity index (χ3n) is 1.68. The second kappa shape index (κ2) is 4.42. The molecular weight excluding hydrogens is 168 g/mol. The first-order valence-corrected chi connectivity index (χ1v) is 3.83. The number of aliphatic imine (C=N–C) groups is 1. The van der Waals surface area contributed by atoms with E-state index in [1.807, 2.05) is 13.0 Å². The molecule has 0 amide bonds. The summed E-state index contributed by atoms with van der Waals surface area (Å²) in [6.07, 6.45) is 3.44. The third kappa shape index (κ3) is 2.72. The molecule has 5 heteroatoms. The van der Waals surface area contributed by atoms with Gasteiger partial charge in [0.25, 0.3) is 0 Å². The molecule has 0 bridgehead atoms. The highest BCUT2D eigenvalue weighted by atomic mass is 16.5. The van der Waals surface area contributed by atoms with E-state index in [1.165, 1.54) is 0 Å². The Hall–Kier alpha value is -1.62. The molecule has 0 aliphatic rings. The number of guanidine groups is 1. The van der Waals surface area contributed by atoms with Crippen molar-refractivity contribution in [1.29, 1.82) is 0 Å². The van der Waals surface area contributed by atoms with Crippen LogP contribution in [-0.4, -0.2) is 16.2 Å². The average molecular weight is 180 g/mol. The van der Waals surface area contributed by atoms with Gasteiger partial charge < -0.3 is 5.73 Å². The molecular formula is C8H12N4O. The van der Waals surface area contributed by atoms with Crippen LogP contribution in [0.15, 0.2) is 23.5 Å². The van der Waals surface area contributed by atoms with Crippen LogP contribution in [0.5, 0.6) is 0 Å². The van der Waals surface area contributed by atoms with Gasteiger partial charge in [-0.3, -0.25) is 10.2 Å². The molecule has 0 saturated heterocycles. The first-order chi connectivity index (χ1) is 6.24. The molecule has 1 aromatic rings. The molecule has 1 rings (SSSR count). The molecule has 0 aliphatic heterocycles. The Morgan fingerprint density at radius 2 is 2.54 bits per heavy atom. The van der Waals surface area contributed by atoms with Crippen LogP contribution in [0.3, 0.4) is 0 Å². The molecule has 4 N–H and O–H groups in total. The maximum atomic E-state index is 8.36. The van der Waals surface area contributed by atoms with Crippen LogP contribution in [0.25, 0.3) is 0 Å². The van der Waals surface area contributed by atoms with Gasteiger partial charge in [-0.1, -0.05) is 0 Å². The predicted molar refractivity (Wildman–Crippen MR) is 49.2 cm³/mol. The summed E-state index contributed by atoms with van der Waals surface area (Å²) in [5.74, 6) is 0.00301. The summed E-state index contributed by atoms with van der Waals surface area (Å²) in [4.78, 5) is 7.82. The summed E-state index contributed by atoms with van der Waals surface area (Å²) < 4.78 is 0. The Kier molecular flexibility index (Phi) is 3.22. The molecule has 0 spiro atoms. The van der Waals surface area contributed by atoms with Crippen molar-refractivity contribution < 1.29 is 5.21 Å². The fourth-order valence-corrected chi connectivity index (χ4v) is 0.868. The third-order valence-corrected chi connectivity index (χ3v) is 1.68. The SMILES string of the molecule is Cc1ccncc1CN=C(N)NO. The van der Waals surface area contributed by atoms with Crippen molar-refractivity contribution in [2.75, 3.05) is 0 Å². The molecule has 0 aliphatic carbocycles. The van der Waals surface area contributed by atoms with Crippen LogP contribution in [0.4, 0.5) is 0 Å². The summed E-state index contributed by atoms with van der Waals surface area (Å²) >= 11 is 0. The number of hydrogen-bond acceptors (Lipinski definition) is 3. The standard InChI is InChI=1S/C8H12N4O/c1-6-2-3-10-4-7(6)5-11-8(9)12-13/h2-4,13H,5H2,1H3,(H3,9,11,12). The van der Waals surface area contributed by atoms with Crippen LogP contribution >= 0.6 is 0 Å². The lowest BCUT2D eigenvalue weighted by atomic mass is 10.2. The van der Waals surface area contributed by atoms with E-state index >= 15 is 0 Å². The zero-order valence-electron chi connectivity index (χ0n) is 7.36. The molecule has 13 heavy (non-hydrogen) atoms. The summed E-state index contributed by atoms with van der Waals surface area (Å²) in [5, 5.41) is 8.36. The average Bonchev–Trinajstić information content (AvgIpc) is 2.16. The van der Waals surface area contributed by atoms with Gasteiger partial charge >= 0.3 is 0 Å². The Balaban J connectivity index is 2.70. The minimum Gasteiger partial charge on any atom is -0.368 e. The lowest BCUT2D eigenvalue weighted by Gasteiger charge is -2.01. The van der Waals surface area contributed by atoms with Crippen molar-refractivity contribution >= 4 is 5.96 Å². The first kappa shape index (κ1) is 9.47. The number of nitrogens with one attached hydrogen (secondary N) is 1. The lowest BCUT2D eigenvalue weighted by molar-refractivity contribution is 0.232. The van der Waals surface area contributed by atoms with Gasteiger partial charge in [0.1, 0.15) is 0 Å². The van der Waals surface area contributed by atoms with Gasteiger partial charge in [0, 0.05) is 12.4 Å². The number of rotatable bonds is 2. The highest BCUT2D eigenvalue weighted by Gasteiger charge is 1.95. The van der Waals surface area contributed by atoms with Crippen LogP contribution in [-0.2, 0) is 6.54 Å². The second-order valence-electron chi connectivity index (χ2n) is 2.62. The fraction of sp³-hybridized carbons (Fsp3) is 0.250. The normalized spacial score (nSPS) is 11.4. The minimum absolute atomic E-state index is 0.00301. The monoisotopic (exact) mass is 180 g/mol. The van der Waals surface area contributed by atoms with Crippen molar-refractivity contribution in [2.24, 2.45) is 10.7 Å². The lowest BCUT2D eigenvalue weighted by Crippen LogP contribution is -2.28. The molecule has 0 aromatic carbocycles. The molecule has 0 radical (unpaired) electrons. The molecule has 0 atom stereocenters. The van der Waals surface area contributed by atoms with Gasteiger partial charge in [0.2, 0.25) is 5.96 Å². The van der Waals surface area contributed by atoms with E-state index < -0.39 is 0 Å². The van der Waals surface area contributed by atoms with Crippen LogP contribution < -0.4 is 11.2 Å². The minimum atomic E-state index is 0.00301. The molecule has 1 heterocycles. The maximum Gasteiger partial charge on any atom is 0.213 e. The number of pyridine rings is 1. The van der Waals surface area contributed by atoms with Crippen LogP contribution in [0.2, 0.25) is 0 Å². The Morgan fingerprint density at radius 1 is 1.77 bits per heavy atom. The van der Waals surface area contributed by atoms with Crippen molar-refractivity contribution in [3.8, 4) is 0 Å². The highest BCUT2D eigenvalue weighted by Crippen LogP contribution is 2.05. The summed E-state index contributed by atoms with van der Waals surface area (Å²) in [6.45, 7) is 2.38. The Morgan fingerprint density at radius 3 is 3.15 bits per heavy atom. The van der Waals surface area contributed by atoms with Crippen molar-refractivity contribution in [3.63, 3.8) is 0 Å². The van der Waals surface area contributed by atoms with Gasteiger partial charge in [-0.05, 0) is 24.1 Å². The quantitative estimate of drug-likeness (QED) is 0.344. The largest absolute Gasteiger partial charge is 0.368 e. The van der Waals surface area contributed by atoms with Crippen molar-refractivity contribution in [2.45, 2.75) is 13.5 Å². The second-order valence-corrected chi connectivity index (χ2v) is 2.62. The van der Waals surface area contributed by atoms with Gasteiger partial charge in [-0.15, -0.1) is 0 Å². The van der Waals surface area contributed by atoms with Gasteiger partial charge in [-0.25, -0.2) is 10.5 Å². The number of aryl methyl sites for hydroxylation is 1. The van der Waals surface area contributed by atoms with Crippen molar-refractivity contribution in [3.05, 3.63) is 29.6 Å². The number of aromatic nitrogens is 1. The topological polar surface area (TPSA) is 83.5 Å².